The van der Waals surface area contributed by atoms with Crippen LogP contribution in [0.15, 0.2) is 119 Å². The van der Waals surface area contributed by atoms with Gasteiger partial charge in [0.1, 0.15) is 0 Å². The Morgan fingerprint density at radius 1 is 0.583 bits per heavy atom. The van der Waals surface area contributed by atoms with Crippen molar-refractivity contribution >= 4 is 47.3 Å². The van der Waals surface area contributed by atoms with Crippen molar-refractivity contribution in [1.82, 2.24) is 0 Å². The summed E-state index contributed by atoms with van der Waals surface area (Å²) in [6.45, 7) is 3.81. The maximum Gasteiger partial charge on any atom is 0.278 e. The largest absolute Gasteiger partial charge is 0.278 e. The normalized spacial score (nSPS) is 12.3. The summed E-state index contributed by atoms with van der Waals surface area (Å²) in [6.07, 6.45) is 0. The standard InChI is InChI=1S/C29H25NO4S2/c1-21(2)26-14-7-8-16-28(26)30(35(31,32)25-19-18-22-10-3-4-12-24(22)20-25)36(33,34)29-17-9-13-23-11-5-6-15-27(23)29/h3-21H,1-2H3. The van der Waals surface area contributed by atoms with Crippen LogP contribution in [0.4, 0.5) is 5.69 Å². The molecule has 0 radical (unpaired) electrons. The fourth-order valence-corrected chi connectivity index (χ4v) is 8.45. The highest BCUT2D eigenvalue weighted by molar-refractivity contribution is 8.10. The molecule has 5 aromatic rings. The minimum Gasteiger partial charge on any atom is -0.200 e. The molecule has 0 heterocycles. The fraction of sp³-hybridized carbons (Fsp3) is 0.103. The van der Waals surface area contributed by atoms with Crippen LogP contribution in [-0.2, 0) is 20.0 Å². The highest BCUT2D eigenvalue weighted by Gasteiger charge is 2.39. The number of hydrogen-bond acceptors (Lipinski definition) is 4. The van der Waals surface area contributed by atoms with E-state index in [0.29, 0.717) is 25.4 Å². The molecule has 7 heteroatoms. The topological polar surface area (TPSA) is 71.5 Å². The van der Waals surface area contributed by atoms with Crippen LogP contribution in [0.5, 0.6) is 0 Å². The molecular formula is C29H25NO4S2. The Labute approximate surface area is 211 Å². The van der Waals surface area contributed by atoms with Crippen LogP contribution >= 0.6 is 0 Å². The zero-order valence-electron chi connectivity index (χ0n) is 19.9. The van der Waals surface area contributed by atoms with Gasteiger partial charge in [-0.3, -0.25) is 0 Å². The Morgan fingerprint density at radius 2 is 1.19 bits per heavy atom. The van der Waals surface area contributed by atoms with E-state index < -0.39 is 20.0 Å². The number of nitrogens with zero attached hydrogens (tertiary/aromatic N) is 1. The van der Waals surface area contributed by atoms with E-state index in [0.717, 1.165) is 5.39 Å². The maximum atomic E-state index is 14.4. The molecule has 36 heavy (non-hydrogen) atoms. The smallest absolute Gasteiger partial charge is 0.200 e. The molecule has 0 aliphatic heterocycles. The van der Waals surface area contributed by atoms with Crippen molar-refractivity contribution in [2.45, 2.75) is 29.6 Å². The average molecular weight is 516 g/mol. The van der Waals surface area contributed by atoms with Crippen LogP contribution in [-0.4, -0.2) is 16.8 Å². The third-order valence-electron chi connectivity index (χ3n) is 6.24. The van der Waals surface area contributed by atoms with Gasteiger partial charge < -0.3 is 0 Å². The van der Waals surface area contributed by atoms with Gasteiger partial charge in [-0.15, -0.1) is 0 Å². The quantitative estimate of drug-likeness (QED) is 0.252. The Kier molecular flexibility index (Phi) is 6.06. The minimum absolute atomic E-state index is 0.0662. The molecule has 0 unspecified atom stereocenters. The molecule has 0 N–H and O–H groups in total. The first kappa shape index (κ1) is 24.0. The van der Waals surface area contributed by atoms with Crippen molar-refractivity contribution in [3.05, 3.63) is 115 Å². The van der Waals surface area contributed by atoms with Gasteiger partial charge >= 0.3 is 0 Å². The summed E-state index contributed by atoms with van der Waals surface area (Å²) in [5, 5.41) is 2.74. The highest BCUT2D eigenvalue weighted by atomic mass is 32.3. The Hall–Kier alpha value is -3.68. The van der Waals surface area contributed by atoms with E-state index in [1.54, 1.807) is 66.7 Å². The molecule has 5 rings (SSSR count). The predicted molar refractivity (Wildman–Crippen MR) is 145 cm³/mol. The minimum atomic E-state index is -4.55. The van der Waals surface area contributed by atoms with Crippen LogP contribution in [0, 0.1) is 0 Å². The first-order valence-corrected chi connectivity index (χ1v) is 14.5. The first-order chi connectivity index (χ1) is 17.2. The van der Waals surface area contributed by atoms with E-state index in [1.165, 1.54) is 18.2 Å². The highest BCUT2D eigenvalue weighted by Crippen LogP contribution is 2.38. The van der Waals surface area contributed by atoms with E-state index >= 15 is 0 Å². The van der Waals surface area contributed by atoms with E-state index in [1.807, 2.05) is 38.1 Å². The van der Waals surface area contributed by atoms with Gasteiger partial charge in [-0.25, -0.2) is 8.42 Å². The molecule has 0 aliphatic carbocycles. The second kappa shape index (κ2) is 9.08. The molecule has 0 spiro atoms. The summed E-state index contributed by atoms with van der Waals surface area (Å²) in [4.78, 5) is -0.160. The summed E-state index contributed by atoms with van der Waals surface area (Å²) >= 11 is 0. The summed E-state index contributed by atoms with van der Waals surface area (Å²) in [6, 6.07) is 30.7. The van der Waals surface area contributed by atoms with Crippen LogP contribution in [0.25, 0.3) is 21.5 Å². The molecule has 0 atom stereocenters. The van der Waals surface area contributed by atoms with Crippen LogP contribution in [0.2, 0.25) is 0 Å². The molecule has 0 aliphatic rings. The van der Waals surface area contributed by atoms with E-state index in [2.05, 4.69) is 0 Å². The van der Waals surface area contributed by atoms with Gasteiger partial charge in [0.2, 0.25) is 0 Å². The molecule has 0 saturated carbocycles. The van der Waals surface area contributed by atoms with Gasteiger partial charge in [0.05, 0.1) is 15.5 Å². The lowest BCUT2D eigenvalue weighted by molar-refractivity contribution is 0.584. The molecule has 0 fully saturated rings. The fourth-order valence-electron chi connectivity index (χ4n) is 4.46. The Morgan fingerprint density at radius 3 is 1.94 bits per heavy atom. The first-order valence-electron chi connectivity index (χ1n) is 11.6. The van der Waals surface area contributed by atoms with Crippen molar-refractivity contribution in [3.63, 3.8) is 0 Å². The van der Waals surface area contributed by atoms with E-state index in [-0.39, 0.29) is 21.4 Å². The summed E-state index contributed by atoms with van der Waals surface area (Å²) in [5.74, 6) is -0.113. The molecule has 0 amide bonds. The molecular weight excluding hydrogens is 490 g/mol. The monoisotopic (exact) mass is 515 g/mol. The van der Waals surface area contributed by atoms with E-state index in [9.17, 15) is 16.8 Å². The lowest BCUT2D eigenvalue weighted by Gasteiger charge is -2.27. The number of anilines is 1. The van der Waals surface area contributed by atoms with Crippen molar-refractivity contribution in [1.29, 1.82) is 0 Å². The van der Waals surface area contributed by atoms with Gasteiger partial charge in [0.25, 0.3) is 20.0 Å². The molecule has 5 nitrogen and oxygen atoms in total. The second-order valence-corrected chi connectivity index (χ2v) is 12.7. The van der Waals surface area contributed by atoms with Gasteiger partial charge in [-0.1, -0.05) is 98.8 Å². The summed E-state index contributed by atoms with van der Waals surface area (Å²) in [5.41, 5.74) is 0.735. The van der Waals surface area contributed by atoms with Gasteiger partial charge in [-0.2, -0.15) is 12.1 Å². The van der Waals surface area contributed by atoms with Crippen molar-refractivity contribution < 1.29 is 16.8 Å². The summed E-state index contributed by atoms with van der Waals surface area (Å²) in [7, 11) is -9.08. The molecule has 5 aromatic carbocycles. The SMILES string of the molecule is CC(C)c1ccccc1N(S(=O)(=O)c1ccc2ccccc2c1)S(=O)(=O)c1cccc2ccccc12. The maximum absolute atomic E-state index is 14.4. The average Bonchev–Trinajstić information content (AvgIpc) is 2.88. The third kappa shape index (κ3) is 4.04. The number of para-hydroxylation sites is 1. The molecule has 0 bridgehead atoms. The van der Waals surface area contributed by atoms with Crippen molar-refractivity contribution in [3.8, 4) is 0 Å². The lowest BCUT2D eigenvalue weighted by Crippen LogP contribution is -2.38. The van der Waals surface area contributed by atoms with Crippen LogP contribution < -0.4 is 3.71 Å². The van der Waals surface area contributed by atoms with Gasteiger partial charge in [0, 0.05) is 5.39 Å². The summed E-state index contributed by atoms with van der Waals surface area (Å²) < 4.78 is 57.8. The number of rotatable bonds is 6. The third-order valence-corrected chi connectivity index (χ3v) is 10.4. The number of benzene rings is 5. The molecule has 182 valence electrons. The Bertz CT molecular complexity index is 1810. The van der Waals surface area contributed by atoms with Gasteiger partial charge in [-0.05, 0) is 51.9 Å². The molecule has 0 saturated heterocycles. The Balaban J connectivity index is 1.82. The zero-order chi connectivity index (χ0) is 25.5. The van der Waals surface area contributed by atoms with Crippen LogP contribution in [0.1, 0.15) is 25.3 Å². The number of hydrogen-bond donors (Lipinski definition) is 0. The number of fused-ring (bicyclic) bond motifs is 2. The second-order valence-electron chi connectivity index (χ2n) is 8.91. The van der Waals surface area contributed by atoms with Crippen molar-refractivity contribution in [2.75, 3.05) is 3.71 Å². The molecule has 0 aromatic heterocycles. The predicted octanol–water partition coefficient (Wildman–Crippen LogP) is 6.70. The van der Waals surface area contributed by atoms with Crippen LogP contribution in [0.3, 0.4) is 0 Å². The lowest BCUT2D eigenvalue weighted by atomic mass is 10.0. The zero-order valence-corrected chi connectivity index (χ0v) is 21.5. The van der Waals surface area contributed by atoms with Crippen molar-refractivity contribution in [2.24, 2.45) is 0 Å². The number of sulfonamides is 2. The van der Waals surface area contributed by atoms with E-state index in [4.69, 9.17) is 0 Å². The van der Waals surface area contributed by atoms with Gasteiger partial charge in [0.15, 0.2) is 0 Å².